The molecule has 1 aromatic carbocycles. The molecule has 0 aliphatic heterocycles. The van der Waals surface area contributed by atoms with Crippen molar-refractivity contribution in [1.82, 2.24) is 0 Å². The fourth-order valence-electron chi connectivity index (χ4n) is 1.51. The van der Waals surface area contributed by atoms with E-state index < -0.39 is 0 Å². The fraction of sp³-hybridized carbons (Fsp3) is 0.308. The van der Waals surface area contributed by atoms with Crippen LogP contribution in [0.15, 0.2) is 30.3 Å². The van der Waals surface area contributed by atoms with Gasteiger partial charge in [0.25, 0.3) is 0 Å². The SMILES string of the molecule is CC(C)(C)c1ccc(-c2cc(=S)ss2)cc1. The Labute approximate surface area is 109 Å². The van der Waals surface area contributed by atoms with E-state index in [2.05, 4.69) is 51.1 Å². The number of hydrogen-bond acceptors (Lipinski definition) is 3. The van der Waals surface area contributed by atoms with Crippen molar-refractivity contribution in [2.45, 2.75) is 26.2 Å². The van der Waals surface area contributed by atoms with Gasteiger partial charge in [0.05, 0.1) is 0 Å². The van der Waals surface area contributed by atoms with E-state index in [1.807, 2.05) is 0 Å². The van der Waals surface area contributed by atoms with Crippen LogP contribution < -0.4 is 0 Å². The zero-order valence-electron chi connectivity index (χ0n) is 9.61. The van der Waals surface area contributed by atoms with E-state index in [4.69, 9.17) is 12.2 Å². The molecule has 0 aliphatic carbocycles. The number of rotatable bonds is 1. The maximum Gasteiger partial charge on any atom is 0.102 e. The second-order valence-electron chi connectivity index (χ2n) is 4.82. The molecule has 0 atom stereocenters. The summed E-state index contributed by atoms with van der Waals surface area (Å²) < 4.78 is 0.972. The van der Waals surface area contributed by atoms with Crippen molar-refractivity contribution in [3.63, 3.8) is 0 Å². The third kappa shape index (κ3) is 2.59. The lowest BCUT2D eigenvalue weighted by Crippen LogP contribution is -2.10. The molecule has 0 nitrogen and oxygen atoms in total. The summed E-state index contributed by atoms with van der Waals surface area (Å²) in [6, 6.07) is 10.9. The summed E-state index contributed by atoms with van der Waals surface area (Å²) in [5, 5.41) is 0. The average molecular weight is 266 g/mol. The smallest absolute Gasteiger partial charge is 0.0786 e. The van der Waals surface area contributed by atoms with Gasteiger partial charge < -0.3 is 0 Å². The van der Waals surface area contributed by atoms with Gasteiger partial charge in [0.15, 0.2) is 0 Å². The van der Waals surface area contributed by atoms with Crippen LogP contribution in [0.5, 0.6) is 0 Å². The Morgan fingerprint density at radius 1 is 1.00 bits per heavy atom. The van der Waals surface area contributed by atoms with Crippen molar-refractivity contribution in [1.29, 1.82) is 0 Å². The average Bonchev–Trinajstić information content (AvgIpc) is 2.64. The molecule has 0 bridgehead atoms. The van der Waals surface area contributed by atoms with Crippen molar-refractivity contribution in [2.75, 3.05) is 0 Å². The zero-order chi connectivity index (χ0) is 11.8. The van der Waals surface area contributed by atoms with Crippen molar-refractivity contribution < 1.29 is 0 Å². The Bertz CT molecular complexity index is 523. The lowest BCUT2D eigenvalue weighted by atomic mass is 9.86. The summed E-state index contributed by atoms with van der Waals surface area (Å²) in [7, 11) is 3.42. The van der Waals surface area contributed by atoms with E-state index >= 15 is 0 Å². The van der Waals surface area contributed by atoms with Crippen LogP contribution in [0.4, 0.5) is 0 Å². The number of benzene rings is 1. The molecule has 16 heavy (non-hydrogen) atoms. The van der Waals surface area contributed by atoms with Gasteiger partial charge in [-0.2, -0.15) is 0 Å². The van der Waals surface area contributed by atoms with Gasteiger partial charge in [-0.1, -0.05) is 77.9 Å². The topological polar surface area (TPSA) is 0 Å². The molecular weight excluding hydrogens is 252 g/mol. The first-order valence-electron chi connectivity index (χ1n) is 5.18. The van der Waals surface area contributed by atoms with E-state index in [1.54, 1.807) is 20.7 Å². The minimum atomic E-state index is 0.222. The van der Waals surface area contributed by atoms with E-state index in [1.165, 1.54) is 16.0 Å². The van der Waals surface area contributed by atoms with Crippen LogP contribution in [0, 0.1) is 3.82 Å². The Hall–Kier alpha value is -0.510. The first-order valence-corrected chi connectivity index (χ1v) is 7.74. The molecule has 0 saturated carbocycles. The molecule has 0 N–H and O–H groups in total. The molecule has 0 amide bonds. The van der Waals surface area contributed by atoms with Crippen molar-refractivity contribution >= 4 is 32.9 Å². The van der Waals surface area contributed by atoms with Crippen LogP contribution in [-0.2, 0) is 5.41 Å². The lowest BCUT2D eigenvalue weighted by molar-refractivity contribution is 0.590. The first kappa shape index (κ1) is 12.0. The number of hydrogen-bond donors (Lipinski definition) is 0. The van der Waals surface area contributed by atoms with E-state index in [-0.39, 0.29) is 5.41 Å². The third-order valence-corrected chi connectivity index (χ3v) is 5.41. The van der Waals surface area contributed by atoms with Gasteiger partial charge in [0, 0.05) is 4.88 Å². The third-order valence-electron chi connectivity index (χ3n) is 2.50. The van der Waals surface area contributed by atoms with Gasteiger partial charge in [-0.05, 0) is 22.6 Å². The molecule has 0 spiro atoms. The lowest BCUT2D eigenvalue weighted by Gasteiger charge is -2.18. The predicted octanol–water partition coefficient (Wildman–Crippen LogP) is 5.50. The molecule has 84 valence electrons. The minimum absolute atomic E-state index is 0.222. The summed E-state index contributed by atoms with van der Waals surface area (Å²) in [6.45, 7) is 6.70. The van der Waals surface area contributed by atoms with E-state index in [9.17, 15) is 0 Å². The van der Waals surface area contributed by atoms with Crippen molar-refractivity contribution in [3.8, 4) is 10.4 Å². The van der Waals surface area contributed by atoms with Crippen LogP contribution in [0.2, 0.25) is 0 Å². The van der Waals surface area contributed by atoms with Gasteiger partial charge >= 0.3 is 0 Å². The highest BCUT2D eigenvalue weighted by atomic mass is 32.9. The molecule has 0 fully saturated rings. The van der Waals surface area contributed by atoms with E-state index in [0.717, 1.165) is 3.82 Å². The van der Waals surface area contributed by atoms with Gasteiger partial charge in [0.2, 0.25) is 0 Å². The normalized spacial score (nSPS) is 11.7. The van der Waals surface area contributed by atoms with Crippen molar-refractivity contribution in [3.05, 3.63) is 39.7 Å². The van der Waals surface area contributed by atoms with Crippen molar-refractivity contribution in [2.24, 2.45) is 0 Å². The Morgan fingerprint density at radius 3 is 2.06 bits per heavy atom. The first-order chi connectivity index (χ1) is 7.47. The summed E-state index contributed by atoms with van der Waals surface area (Å²) >= 11 is 5.15. The summed E-state index contributed by atoms with van der Waals surface area (Å²) in [6.07, 6.45) is 0. The monoisotopic (exact) mass is 266 g/mol. The molecule has 2 aromatic rings. The molecule has 3 heteroatoms. The Kier molecular flexibility index (Phi) is 3.29. The predicted molar refractivity (Wildman–Crippen MR) is 77.2 cm³/mol. The highest BCUT2D eigenvalue weighted by molar-refractivity contribution is 7.80. The van der Waals surface area contributed by atoms with E-state index in [0.29, 0.717) is 0 Å². The highest BCUT2D eigenvalue weighted by Crippen LogP contribution is 2.31. The van der Waals surface area contributed by atoms with Gasteiger partial charge in [-0.25, -0.2) is 0 Å². The van der Waals surface area contributed by atoms with Crippen LogP contribution in [0.25, 0.3) is 10.4 Å². The van der Waals surface area contributed by atoms with Crippen LogP contribution >= 0.6 is 32.9 Å². The van der Waals surface area contributed by atoms with Crippen LogP contribution in [-0.4, -0.2) is 0 Å². The Morgan fingerprint density at radius 2 is 1.62 bits per heavy atom. The molecule has 2 rings (SSSR count). The molecular formula is C13H14S3. The Balaban J connectivity index is 2.36. The molecule has 1 aromatic heterocycles. The second-order valence-corrected chi connectivity index (χ2v) is 7.73. The summed E-state index contributed by atoms with van der Waals surface area (Å²) in [5.74, 6) is 0. The second kappa shape index (κ2) is 4.40. The summed E-state index contributed by atoms with van der Waals surface area (Å²) in [4.78, 5) is 1.27. The largest absolute Gasteiger partial charge is 0.102 e. The maximum absolute atomic E-state index is 5.15. The molecule has 1 heterocycles. The molecule has 0 aliphatic rings. The molecule has 0 saturated heterocycles. The molecule has 0 radical (unpaired) electrons. The standard InChI is InChI=1S/C13H14S3/c1-13(2,3)10-6-4-9(5-7-10)11-8-12(14)16-15-11/h4-8H,1-3H3. The zero-order valence-corrected chi connectivity index (χ0v) is 12.1. The minimum Gasteiger partial charge on any atom is -0.0786 e. The van der Waals surface area contributed by atoms with Gasteiger partial charge in [-0.15, -0.1) is 0 Å². The highest BCUT2D eigenvalue weighted by Gasteiger charge is 2.13. The summed E-state index contributed by atoms with van der Waals surface area (Å²) in [5.41, 5.74) is 2.86. The van der Waals surface area contributed by atoms with Gasteiger partial charge in [-0.3, -0.25) is 0 Å². The van der Waals surface area contributed by atoms with Crippen LogP contribution in [0.3, 0.4) is 0 Å². The van der Waals surface area contributed by atoms with Crippen LogP contribution in [0.1, 0.15) is 26.3 Å². The van der Waals surface area contributed by atoms with Gasteiger partial charge in [0.1, 0.15) is 3.82 Å². The molecule has 0 unspecified atom stereocenters. The fourth-order valence-corrected chi connectivity index (χ4v) is 3.91. The maximum atomic E-state index is 5.15. The quantitative estimate of drug-likeness (QED) is 0.485.